The molecule has 1 saturated carbocycles. The Labute approximate surface area is 82.1 Å². The molecule has 0 amide bonds. The van der Waals surface area contributed by atoms with Gasteiger partial charge in [0.1, 0.15) is 0 Å². The van der Waals surface area contributed by atoms with Crippen LogP contribution in [0.5, 0.6) is 0 Å². The summed E-state index contributed by atoms with van der Waals surface area (Å²) in [5.41, 5.74) is 11.4. The third kappa shape index (κ3) is 3.65. The molecule has 1 rings (SSSR count). The monoisotopic (exact) mass is 184 g/mol. The van der Waals surface area contributed by atoms with Crippen LogP contribution >= 0.6 is 0 Å². The normalized spacial score (nSPS) is 31.6. The molecule has 2 nitrogen and oxygen atoms in total. The molecule has 1 fully saturated rings. The van der Waals surface area contributed by atoms with E-state index in [0.29, 0.717) is 6.04 Å². The van der Waals surface area contributed by atoms with Crippen molar-refractivity contribution in [3.8, 4) is 0 Å². The lowest BCUT2D eigenvalue weighted by Gasteiger charge is -2.30. The highest BCUT2D eigenvalue weighted by molar-refractivity contribution is 4.77. The summed E-state index contributed by atoms with van der Waals surface area (Å²) in [7, 11) is 0. The van der Waals surface area contributed by atoms with Crippen molar-refractivity contribution in [3.05, 3.63) is 0 Å². The molecular formula is C11H24N2. The van der Waals surface area contributed by atoms with Crippen molar-refractivity contribution >= 4 is 0 Å². The van der Waals surface area contributed by atoms with Crippen molar-refractivity contribution in [3.63, 3.8) is 0 Å². The highest BCUT2D eigenvalue weighted by atomic mass is 14.6. The van der Waals surface area contributed by atoms with E-state index in [0.717, 1.165) is 18.4 Å². The first-order valence-electron chi connectivity index (χ1n) is 5.69. The number of hydrogen-bond acceptors (Lipinski definition) is 2. The second kappa shape index (κ2) is 5.61. The van der Waals surface area contributed by atoms with Crippen LogP contribution in [-0.2, 0) is 0 Å². The quantitative estimate of drug-likeness (QED) is 0.701. The number of nitrogens with two attached hydrogens (primary N) is 2. The van der Waals surface area contributed by atoms with Gasteiger partial charge in [-0.2, -0.15) is 0 Å². The fourth-order valence-corrected chi connectivity index (χ4v) is 2.41. The number of hydrogen-bond donors (Lipinski definition) is 2. The predicted molar refractivity (Wildman–Crippen MR) is 57.4 cm³/mol. The second-order valence-electron chi connectivity index (χ2n) is 4.57. The molecule has 1 aliphatic carbocycles. The maximum Gasteiger partial charge on any atom is 0.00387 e. The summed E-state index contributed by atoms with van der Waals surface area (Å²) in [6.45, 7) is 3.00. The highest BCUT2D eigenvalue weighted by Gasteiger charge is 2.22. The van der Waals surface area contributed by atoms with Crippen LogP contribution in [0.2, 0.25) is 0 Å². The van der Waals surface area contributed by atoms with Crippen LogP contribution < -0.4 is 11.5 Å². The Bertz CT molecular complexity index is 126. The Balaban J connectivity index is 2.15. The van der Waals surface area contributed by atoms with Gasteiger partial charge in [0.05, 0.1) is 0 Å². The van der Waals surface area contributed by atoms with E-state index in [2.05, 4.69) is 6.92 Å². The average molecular weight is 184 g/mol. The van der Waals surface area contributed by atoms with Gasteiger partial charge in [0.15, 0.2) is 0 Å². The molecule has 0 heterocycles. The molecule has 1 aliphatic rings. The molecule has 0 aromatic rings. The minimum absolute atomic E-state index is 0.399. The van der Waals surface area contributed by atoms with Crippen LogP contribution in [0.3, 0.4) is 0 Å². The SMILES string of the molecule is CC(N)C1CCC(CCCN)CC1. The van der Waals surface area contributed by atoms with E-state index in [9.17, 15) is 0 Å². The molecule has 1 unspecified atom stereocenters. The molecule has 13 heavy (non-hydrogen) atoms. The summed E-state index contributed by atoms with van der Waals surface area (Å²) < 4.78 is 0. The molecular weight excluding hydrogens is 160 g/mol. The largest absolute Gasteiger partial charge is 0.330 e. The lowest BCUT2D eigenvalue weighted by Crippen LogP contribution is -2.30. The summed E-state index contributed by atoms with van der Waals surface area (Å²) >= 11 is 0. The second-order valence-corrected chi connectivity index (χ2v) is 4.57. The molecule has 4 N–H and O–H groups in total. The maximum absolute atomic E-state index is 5.89. The summed E-state index contributed by atoms with van der Waals surface area (Å²) in [5, 5.41) is 0. The average Bonchev–Trinajstić information content (AvgIpc) is 2.15. The van der Waals surface area contributed by atoms with Gasteiger partial charge >= 0.3 is 0 Å². The van der Waals surface area contributed by atoms with Crippen molar-refractivity contribution in [2.75, 3.05) is 6.54 Å². The standard InChI is InChI=1S/C11H24N2/c1-9(13)11-6-4-10(5-7-11)3-2-8-12/h9-11H,2-8,12-13H2,1H3. The predicted octanol–water partition coefficient (Wildman–Crippen LogP) is 1.88. The van der Waals surface area contributed by atoms with Gasteiger partial charge in [-0.1, -0.05) is 12.8 Å². The van der Waals surface area contributed by atoms with Crippen molar-refractivity contribution in [1.82, 2.24) is 0 Å². The molecule has 0 spiro atoms. The van der Waals surface area contributed by atoms with E-state index < -0.39 is 0 Å². The van der Waals surface area contributed by atoms with Crippen molar-refractivity contribution in [1.29, 1.82) is 0 Å². The third-order valence-electron chi connectivity index (χ3n) is 3.45. The Kier molecular flexibility index (Phi) is 4.74. The van der Waals surface area contributed by atoms with Gasteiger partial charge in [0, 0.05) is 6.04 Å². The first kappa shape index (κ1) is 11.0. The molecule has 1 atom stereocenters. The Morgan fingerprint density at radius 2 is 1.85 bits per heavy atom. The molecule has 0 aromatic heterocycles. The molecule has 0 saturated heterocycles. The first-order chi connectivity index (χ1) is 6.24. The molecule has 2 heteroatoms. The zero-order valence-electron chi connectivity index (χ0n) is 8.84. The summed E-state index contributed by atoms with van der Waals surface area (Å²) in [5.74, 6) is 1.73. The smallest absolute Gasteiger partial charge is 0.00387 e. The molecule has 0 aliphatic heterocycles. The highest BCUT2D eigenvalue weighted by Crippen LogP contribution is 2.32. The van der Waals surface area contributed by atoms with Crippen LogP contribution in [-0.4, -0.2) is 12.6 Å². The molecule has 0 aromatic carbocycles. The van der Waals surface area contributed by atoms with Gasteiger partial charge in [0.2, 0.25) is 0 Å². The lowest BCUT2D eigenvalue weighted by atomic mass is 9.77. The van der Waals surface area contributed by atoms with Crippen LogP contribution in [0, 0.1) is 11.8 Å². The zero-order valence-corrected chi connectivity index (χ0v) is 8.84. The maximum atomic E-state index is 5.89. The molecule has 78 valence electrons. The summed E-state index contributed by atoms with van der Waals surface area (Å²) in [4.78, 5) is 0. The van der Waals surface area contributed by atoms with Gasteiger partial charge in [0.25, 0.3) is 0 Å². The van der Waals surface area contributed by atoms with Gasteiger partial charge in [-0.15, -0.1) is 0 Å². The van der Waals surface area contributed by atoms with Gasteiger partial charge < -0.3 is 11.5 Å². The van der Waals surface area contributed by atoms with Crippen molar-refractivity contribution in [2.45, 2.75) is 51.5 Å². The van der Waals surface area contributed by atoms with Crippen LogP contribution in [0.25, 0.3) is 0 Å². The van der Waals surface area contributed by atoms with Crippen LogP contribution in [0.1, 0.15) is 45.4 Å². The summed E-state index contributed by atoms with van der Waals surface area (Å²) in [6, 6.07) is 0.399. The Morgan fingerprint density at radius 1 is 1.23 bits per heavy atom. The Morgan fingerprint density at radius 3 is 2.31 bits per heavy atom. The van der Waals surface area contributed by atoms with Crippen molar-refractivity contribution < 1.29 is 0 Å². The van der Waals surface area contributed by atoms with E-state index in [4.69, 9.17) is 11.5 Å². The fourth-order valence-electron chi connectivity index (χ4n) is 2.41. The van der Waals surface area contributed by atoms with Crippen molar-refractivity contribution in [2.24, 2.45) is 23.3 Å². The lowest BCUT2D eigenvalue weighted by molar-refractivity contribution is 0.239. The van der Waals surface area contributed by atoms with Crippen LogP contribution in [0.15, 0.2) is 0 Å². The van der Waals surface area contributed by atoms with E-state index in [1.165, 1.54) is 38.5 Å². The van der Waals surface area contributed by atoms with Gasteiger partial charge in [-0.25, -0.2) is 0 Å². The third-order valence-corrected chi connectivity index (χ3v) is 3.45. The van der Waals surface area contributed by atoms with E-state index >= 15 is 0 Å². The molecule has 0 radical (unpaired) electrons. The molecule has 0 bridgehead atoms. The zero-order chi connectivity index (χ0) is 9.68. The minimum atomic E-state index is 0.399. The first-order valence-corrected chi connectivity index (χ1v) is 5.69. The van der Waals surface area contributed by atoms with Crippen LogP contribution in [0.4, 0.5) is 0 Å². The van der Waals surface area contributed by atoms with Gasteiger partial charge in [-0.05, 0) is 51.0 Å². The Hall–Kier alpha value is -0.0800. The summed E-state index contributed by atoms with van der Waals surface area (Å²) in [6.07, 6.45) is 7.98. The van der Waals surface area contributed by atoms with E-state index in [1.54, 1.807) is 0 Å². The van der Waals surface area contributed by atoms with Gasteiger partial charge in [-0.3, -0.25) is 0 Å². The van der Waals surface area contributed by atoms with E-state index in [1.807, 2.05) is 0 Å². The topological polar surface area (TPSA) is 52.0 Å². The minimum Gasteiger partial charge on any atom is -0.330 e. The van der Waals surface area contributed by atoms with E-state index in [-0.39, 0.29) is 0 Å². The fraction of sp³-hybridized carbons (Fsp3) is 1.00. The number of rotatable bonds is 4.